The maximum absolute atomic E-state index is 4.12. The molecule has 1 aromatic rings. The highest BCUT2D eigenvalue weighted by atomic mass is 15.2. The van der Waals surface area contributed by atoms with Crippen LogP contribution >= 0.6 is 0 Å². The van der Waals surface area contributed by atoms with Gasteiger partial charge in [-0.3, -0.25) is 4.90 Å². The maximum atomic E-state index is 4.12. The van der Waals surface area contributed by atoms with E-state index in [4.69, 9.17) is 0 Å². The molecule has 0 spiro atoms. The fourth-order valence-corrected chi connectivity index (χ4v) is 2.71. The molecule has 0 atom stereocenters. The van der Waals surface area contributed by atoms with Crippen LogP contribution in [-0.4, -0.2) is 29.9 Å². The molecule has 130 valence electrons. The van der Waals surface area contributed by atoms with Crippen LogP contribution in [0.1, 0.15) is 51.3 Å². The fraction of sp³-hybridized carbons (Fsp3) is 0.524. The van der Waals surface area contributed by atoms with Gasteiger partial charge in [-0.25, -0.2) is 0 Å². The van der Waals surface area contributed by atoms with Gasteiger partial charge in [0.05, 0.1) is 0 Å². The SMILES string of the molecule is C=CN(C)C(=C)CN1CCc2c(CC)cccc2C1.CC.CC. The summed E-state index contributed by atoms with van der Waals surface area (Å²) in [6.07, 6.45) is 4.11. The van der Waals surface area contributed by atoms with E-state index in [2.05, 4.69) is 43.2 Å². The van der Waals surface area contributed by atoms with Crippen molar-refractivity contribution in [2.75, 3.05) is 20.1 Å². The molecule has 2 heteroatoms. The third-order valence-electron chi connectivity index (χ3n) is 4.00. The summed E-state index contributed by atoms with van der Waals surface area (Å²) in [6, 6.07) is 6.71. The van der Waals surface area contributed by atoms with E-state index in [1.54, 1.807) is 5.56 Å². The number of likely N-dealkylation sites (N-methyl/N-ethyl adjacent to an activating group) is 1. The largest absolute Gasteiger partial charge is 0.354 e. The number of hydrogen-bond donors (Lipinski definition) is 0. The van der Waals surface area contributed by atoms with Crippen LogP contribution in [0.5, 0.6) is 0 Å². The predicted molar refractivity (Wildman–Crippen MR) is 105 cm³/mol. The zero-order chi connectivity index (χ0) is 17.8. The first kappa shape index (κ1) is 21.5. The zero-order valence-electron chi connectivity index (χ0n) is 16.2. The van der Waals surface area contributed by atoms with E-state index in [-0.39, 0.29) is 0 Å². The van der Waals surface area contributed by atoms with Gasteiger partial charge in [0.25, 0.3) is 0 Å². The molecule has 0 unspecified atom stereocenters. The van der Waals surface area contributed by atoms with E-state index >= 15 is 0 Å². The van der Waals surface area contributed by atoms with Gasteiger partial charge in [0.15, 0.2) is 0 Å². The van der Waals surface area contributed by atoms with Crippen molar-refractivity contribution in [3.05, 3.63) is 59.9 Å². The first-order valence-electron chi connectivity index (χ1n) is 9.00. The topological polar surface area (TPSA) is 6.48 Å². The summed E-state index contributed by atoms with van der Waals surface area (Å²) < 4.78 is 0. The lowest BCUT2D eigenvalue weighted by Gasteiger charge is -2.32. The molecule has 2 rings (SSSR count). The quantitative estimate of drug-likeness (QED) is 0.732. The van der Waals surface area contributed by atoms with Crippen LogP contribution in [0.2, 0.25) is 0 Å². The molecule has 1 heterocycles. The highest BCUT2D eigenvalue weighted by Gasteiger charge is 2.18. The Morgan fingerprint density at radius 2 is 1.91 bits per heavy atom. The molecule has 0 radical (unpaired) electrons. The van der Waals surface area contributed by atoms with Crippen molar-refractivity contribution in [2.24, 2.45) is 0 Å². The van der Waals surface area contributed by atoms with Crippen LogP contribution in [0.4, 0.5) is 0 Å². The normalized spacial score (nSPS) is 12.8. The molecule has 0 fully saturated rings. The third kappa shape index (κ3) is 6.23. The predicted octanol–water partition coefficient (Wildman–Crippen LogP) is 5.25. The number of benzene rings is 1. The number of aryl methyl sites for hydroxylation is 1. The van der Waals surface area contributed by atoms with Crippen LogP contribution in [0.3, 0.4) is 0 Å². The van der Waals surface area contributed by atoms with Crippen molar-refractivity contribution in [3.63, 3.8) is 0 Å². The summed E-state index contributed by atoms with van der Waals surface area (Å²) in [5.74, 6) is 0. The molecule has 1 aliphatic heterocycles. The van der Waals surface area contributed by atoms with E-state index in [9.17, 15) is 0 Å². The lowest BCUT2D eigenvalue weighted by molar-refractivity contribution is 0.259. The Morgan fingerprint density at radius 3 is 2.48 bits per heavy atom. The van der Waals surface area contributed by atoms with Crippen LogP contribution < -0.4 is 0 Å². The summed E-state index contributed by atoms with van der Waals surface area (Å²) in [5.41, 5.74) is 5.67. The van der Waals surface area contributed by atoms with Crippen molar-refractivity contribution in [2.45, 2.75) is 54.0 Å². The smallest absolute Gasteiger partial charge is 0.0384 e. The van der Waals surface area contributed by atoms with Gasteiger partial charge in [-0.05, 0) is 35.7 Å². The Hall–Kier alpha value is -1.54. The lowest BCUT2D eigenvalue weighted by atomic mass is 9.93. The van der Waals surface area contributed by atoms with Crippen molar-refractivity contribution >= 4 is 0 Å². The van der Waals surface area contributed by atoms with Crippen molar-refractivity contribution in [1.82, 2.24) is 9.80 Å². The number of fused-ring (bicyclic) bond motifs is 1. The number of nitrogens with zero attached hydrogens (tertiary/aromatic N) is 2. The van der Waals surface area contributed by atoms with Gasteiger partial charge in [0, 0.05) is 32.4 Å². The minimum absolute atomic E-state index is 0.915. The molecular formula is C21H36N2. The average molecular weight is 317 g/mol. The summed E-state index contributed by atoms with van der Waals surface area (Å²) in [6.45, 7) is 21.2. The second-order valence-electron chi connectivity index (χ2n) is 5.23. The van der Waals surface area contributed by atoms with Gasteiger partial charge in [0.1, 0.15) is 0 Å². The Labute approximate surface area is 144 Å². The Bertz CT molecular complexity index is 477. The molecule has 0 saturated heterocycles. The Balaban J connectivity index is 0.00000112. The first-order chi connectivity index (χ1) is 11.2. The molecule has 0 bridgehead atoms. The van der Waals surface area contributed by atoms with Gasteiger partial charge >= 0.3 is 0 Å². The minimum atomic E-state index is 0.915. The standard InChI is InChI=1S/C17H24N2.2C2H6/c1-5-15-8-7-9-16-13-19(11-10-17(15)16)12-14(3)18(4)6-2;2*1-2/h6-9H,2-3,5,10-13H2,1,4H3;2*1-2H3. The highest BCUT2D eigenvalue weighted by Crippen LogP contribution is 2.23. The molecule has 0 N–H and O–H groups in total. The molecule has 1 aromatic carbocycles. The van der Waals surface area contributed by atoms with E-state index in [0.29, 0.717) is 0 Å². The third-order valence-corrected chi connectivity index (χ3v) is 4.00. The van der Waals surface area contributed by atoms with Gasteiger partial charge in [-0.2, -0.15) is 0 Å². The molecular weight excluding hydrogens is 280 g/mol. The van der Waals surface area contributed by atoms with Crippen LogP contribution in [-0.2, 0) is 19.4 Å². The van der Waals surface area contributed by atoms with Crippen molar-refractivity contribution < 1.29 is 0 Å². The number of hydrogen-bond acceptors (Lipinski definition) is 2. The van der Waals surface area contributed by atoms with Crippen LogP contribution in [0.25, 0.3) is 0 Å². The molecule has 0 aliphatic carbocycles. The Kier molecular flexibility index (Phi) is 11.2. The van der Waals surface area contributed by atoms with E-state index in [0.717, 1.165) is 38.2 Å². The summed E-state index contributed by atoms with van der Waals surface area (Å²) in [7, 11) is 2.00. The minimum Gasteiger partial charge on any atom is -0.354 e. The lowest BCUT2D eigenvalue weighted by Crippen LogP contribution is -2.34. The summed E-state index contributed by atoms with van der Waals surface area (Å²) >= 11 is 0. The van der Waals surface area contributed by atoms with Gasteiger partial charge in [-0.15, -0.1) is 0 Å². The van der Waals surface area contributed by atoms with E-state index < -0.39 is 0 Å². The summed E-state index contributed by atoms with van der Waals surface area (Å²) in [5, 5.41) is 0. The van der Waals surface area contributed by atoms with E-state index in [1.807, 2.05) is 45.8 Å². The second kappa shape index (κ2) is 12.0. The van der Waals surface area contributed by atoms with Crippen LogP contribution in [0.15, 0.2) is 43.3 Å². The van der Waals surface area contributed by atoms with E-state index in [1.165, 1.54) is 11.1 Å². The maximum Gasteiger partial charge on any atom is 0.0384 e. The van der Waals surface area contributed by atoms with Gasteiger partial charge in [0.2, 0.25) is 0 Å². The van der Waals surface area contributed by atoms with Gasteiger partial charge < -0.3 is 4.90 Å². The molecule has 23 heavy (non-hydrogen) atoms. The molecule has 0 aromatic heterocycles. The number of rotatable bonds is 5. The fourth-order valence-electron chi connectivity index (χ4n) is 2.71. The van der Waals surface area contributed by atoms with Crippen molar-refractivity contribution in [3.8, 4) is 0 Å². The van der Waals surface area contributed by atoms with Crippen molar-refractivity contribution in [1.29, 1.82) is 0 Å². The van der Waals surface area contributed by atoms with Crippen LogP contribution in [0, 0.1) is 0 Å². The second-order valence-corrected chi connectivity index (χ2v) is 5.23. The Morgan fingerprint density at radius 1 is 1.26 bits per heavy atom. The molecule has 0 amide bonds. The summed E-state index contributed by atoms with van der Waals surface area (Å²) in [4.78, 5) is 4.46. The molecule has 2 nitrogen and oxygen atoms in total. The van der Waals surface area contributed by atoms with Gasteiger partial charge in [-0.1, -0.05) is 66.0 Å². The highest BCUT2D eigenvalue weighted by molar-refractivity contribution is 5.37. The molecule has 0 saturated carbocycles. The first-order valence-corrected chi connectivity index (χ1v) is 9.00. The zero-order valence-corrected chi connectivity index (χ0v) is 16.2. The average Bonchev–Trinajstić information content (AvgIpc) is 2.63. The molecule has 1 aliphatic rings. The monoisotopic (exact) mass is 316 g/mol.